The summed E-state index contributed by atoms with van der Waals surface area (Å²) in [4.78, 5) is 2.50. The van der Waals surface area contributed by atoms with Gasteiger partial charge in [0, 0.05) is 25.7 Å². The molecule has 0 spiro atoms. The van der Waals surface area contributed by atoms with Crippen molar-refractivity contribution in [3.05, 3.63) is 0 Å². The smallest absolute Gasteiger partial charge is 0.0474 e. The number of hydrogen-bond donors (Lipinski definition) is 2. The summed E-state index contributed by atoms with van der Waals surface area (Å²) >= 11 is 0. The van der Waals surface area contributed by atoms with Crippen molar-refractivity contribution in [1.82, 2.24) is 10.2 Å². The van der Waals surface area contributed by atoms with Crippen LogP contribution >= 0.6 is 0 Å². The van der Waals surface area contributed by atoms with Gasteiger partial charge < -0.3 is 15.3 Å². The van der Waals surface area contributed by atoms with E-state index in [1.807, 2.05) is 0 Å². The molecule has 2 rings (SSSR count). The standard InChI is InChI=1S/C14H28N2O/c1-2-16-8-7-12(10-16)13(11-17)9-15-14-5-3-4-6-14/h12-15,17H,2-11H2,1H3. The molecule has 1 aliphatic carbocycles. The van der Waals surface area contributed by atoms with Gasteiger partial charge in [0.15, 0.2) is 0 Å². The van der Waals surface area contributed by atoms with Crippen molar-refractivity contribution in [3.8, 4) is 0 Å². The van der Waals surface area contributed by atoms with Crippen LogP contribution in [-0.4, -0.2) is 48.8 Å². The van der Waals surface area contributed by atoms with Gasteiger partial charge in [0.25, 0.3) is 0 Å². The molecule has 2 N–H and O–H groups in total. The lowest BCUT2D eigenvalue weighted by Gasteiger charge is -2.24. The molecule has 0 radical (unpaired) electrons. The number of likely N-dealkylation sites (tertiary alicyclic amines) is 1. The van der Waals surface area contributed by atoms with Crippen LogP contribution in [0.5, 0.6) is 0 Å². The molecule has 0 aromatic heterocycles. The third-order valence-electron chi connectivity index (χ3n) is 4.68. The molecule has 1 saturated carbocycles. The molecule has 0 bridgehead atoms. The first-order valence-electron chi connectivity index (χ1n) is 7.40. The van der Waals surface area contributed by atoms with Gasteiger partial charge in [-0.1, -0.05) is 19.8 Å². The van der Waals surface area contributed by atoms with E-state index in [0.29, 0.717) is 18.4 Å². The minimum absolute atomic E-state index is 0.349. The molecule has 1 heterocycles. The minimum atomic E-state index is 0.349. The fourth-order valence-corrected chi connectivity index (χ4v) is 3.36. The predicted molar refractivity (Wildman–Crippen MR) is 71.1 cm³/mol. The van der Waals surface area contributed by atoms with Gasteiger partial charge in [0.2, 0.25) is 0 Å². The van der Waals surface area contributed by atoms with Crippen molar-refractivity contribution in [3.63, 3.8) is 0 Å². The van der Waals surface area contributed by atoms with Crippen LogP contribution in [-0.2, 0) is 0 Å². The third-order valence-corrected chi connectivity index (χ3v) is 4.68. The van der Waals surface area contributed by atoms with E-state index in [1.165, 1.54) is 45.2 Å². The Bertz CT molecular complexity index is 216. The van der Waals surface area contributed by atoms with E-state index in [2.05, 4.69) is 17.1 Å². The molecule has 0 amide bonds. The molecule has 2 fully saturated rings. The van der Waals surface area contributed by atoms with Crippen LogP contribution in [0.25, 0.3) is 0 Å². The van der Waals surface area contributed by atoms with Gasteiger partial charge in [0.05, 0.1) is 0 Å². The molecule has 1 aliphatic heterocycles. The highest BCUT2D eigenvalue weighted by molar-refractivity contribution is 4.83. The second kappa shape index (κ2) is 6.72. The van der Waals surface area contributed by atoms with E-state index in [-0.39, 0.29) is 0 Å². The number of nitrogens with zero attached hydrogens (tertiary/aromatic N) is 1. The van der Waals surface area contributed by atoms with Crippen molar-refractivity contribution >= 4 is 0 Å². The summed E-state index contributed by atoms with van der Waals surface area (Å²) in [6, 6.07) is 0.729. The van der Waals surface area contributed by atoms with Gasteiger partial charge >= 0.3 is 0 Å². The van der Waals surface area contributed by atoms with Gasteiger partial charge in [-0.25, -0.2) is 0 Å². The molecule has 17 heavy (non-hydrogen) atoms. The average Bonchev–Trinajstić information content (AvgIpc) is 3.00. The maximum Gasteiger partial charge on any atom is 0.0474 e. The average molecular weight is 240 g/mol. The van der Waals surface area contributed by atoms with E-state index < -0.39 is 0 Å². The largest absolute Gasteiger partial charge is 0.396 e. The minimum Gasteiger partial charge on any atom is -0.396 e. The highest BCUT2D eigenvalue weighted by Crippen LogP contribution is 2.24. The predicted octanol–water partition coefficient (Wildman–Crippen LogP) is 1.47. The Kier molecular flexibility index (Phi) is 5.26. The monoisotopic (exact) mass is 240 g/mol. The first-order chi connectivity index (χ1) is 8.33. The Labute approximate surface area is 106 Å². The van der Waals surface area contributed by atoms with Crippen LogP contribution in [0.1, 0.15) is 39.0 Å². The number of aliphatic hydroxyl groups is 1. The quantitative estimate of drug-likeness (QED) is 0.738. The second-order valence-corrected chi connectivity index (χ2v) is 5.77. The Morgan fingerprint density at radius 3 is 2.65 bits per heavy atom. The van der Waals surface area contributed by atoms with Gasteiger partial charge in [-0.3, -0.25) is 0 Å². The molecule has 2 unspecified atom stereocenters. The van der Waals surface area contributed by atoms with Crippen LogP contribution in [0.15, 0.2) is 0 Å². The molecule has 100 valence electrons. The van der Waals surface area contributed by atoms with E-state index in [4.69, 9.17) is 0 Å². The van der Waals surface area contributed by atoms with Crippen molar-refractivity contribution in [2.45, 2.75) is 45.1 Å². The topological polar surface area (TPSA) is 35.5 Å². The SMILES string of the molecule is CCN1CCC(C(CO)CNC2CCCC2)C1. The maximum atomic E-state index is 9.56. The van der Waals surface area contributed by atoms with Crippen molar-refractivity contribution in [2.24, 2.45) is 11.8 Å². The van der Waals surface area contributed by atoms with E-state index in [1.54, 1.807) is 0 Å². The highest BCUT2D eigenvalue weighted by atomic mass is 16.3. The lowest BCUT2D eigenvalue weighted by Crippen LogP contribution is -2.36. The first kappa shape index (κ1) is 13.3. The van der Waals surface area contributed by atoms with E-state index >= 15 is 0 Å². The lowest BCUT2D eigenvalue weighted by atomic mass is 9.92. The third kappa shape index (κ3) is 3.67. The highest BCUT2D eigenvalue weighted by Gasteiger charge is 2.28. The number of hydrogen-bond acceptors (Lipinski definition) is 3. The second-order valence-electron chi connectivity index (χ2n) is 5.77. The Hall–Kier alpha value is -0.120. The molecule has 3 heteroatoms. The fraction of sp³-hybridized carbons (Fsp3) is 1.00. The van der Waals surface area contributed by atoms with Crippen LogP contribution in [0, 0.1) is 11.8 Å². The van der Waals surface area contributed by atoms with Gasteiger partial charge in [-0.05, 0) is 44.2 Å². The zero-order valence-corrected chi connectivity index (χ0v) is 11.2. The molecule has 2 aliphatic rings. The van der Waals surface area contributed by atoms with Crippen LogP contribution in [0.4, 0.5) is 0 Å². The zero-order chi connectivity index (χ0) is 12.1. The molecular formula is C14H28N2O. The summed E-state index contributed by atoms with van der Waals surface area (Å²) in [6.45, 7) is 7.16. The summed E-state index contributed by atoms with van der Waals surface area (Å²) in [5.41, 5.74) is 0. The van der Waals surface area contributed by atoms with E-state index in [9.17, 15) is 5.11 Å². The molecule has 1 saturated heterocycles. The van der Waals surface area contributed by atoms with Crippen molar-refractivity contribution in [2.75, 3.05) is 32.8 Å². The summed E-state index contributed by atoms with van der Waals surface area (Å²) in [5.74, 6) is 1.17. The van der Waals surface area contributed by atoms with Crippen molar-refractivity contribution < 1.29 is 5.11 Å². The fourth-order valence-electron chi connectivity index (χ4n) is 3.36. The molecular weight excluding hydrogens is 212 g/mol. The summed E-state index contributed by atoms with van der Waals surface area (Å²) in [5, 5.41) is 13.2. The molecule has 3 nitrogen and oxygen atoms in total. The van der Waals surface area contributed by atoms with Crippen molar-refractivity contribution in [1.29, 1.82) is 0 Å². The zero-order valence-electron chi connectivity index (χ0n) is 11.2. The van der Waals surface area contributed by atoms with Crippen LogP contribution < -0.4 is 5.32 Å². The lowest BCUT2D eigenvalue weighted by molar-refractivity contribution is 0.168. The molecule has 0 aromatic rings. The van der Waals surface area contributed by atoms with Gasteiger partial charge in [0.1, 0.15) is 0 Å². The normalized spacial score (nSPS) is 28.9. The number of nitrogens with one attached hydrogen (secondary N) is 1. The Morgan fingerprint density at radius 2 is 2.06 bits per heavy atom. The Morgan fingerprint density at radius 1 is 1.29 bits per heavy atom. The maximum absolute atomic E-state index is 9.56. The molecule has 2 atom stereocenters. The molecule has 0 aromatic carbocycles. The number of aliphatic hydroxyl groups excluding tert-OH is 1. The van der Waals surface area contributed by atoms with Gasteiger partial charge in [-0.2, -0.15) is 0 Å². The van der Waals surface area contributed by atoms with E-state index in [0.717, 1.165) is 19.1 Å². The van der Waals surface area contributed by atoms with Crippen LogP contribution in [0.3, 0.4) is 0 Å². The van der Waals surface area contributed by atoms with Crippen LogP contribution in [0.2, 0.25) is 0 Å². The first-order valence-corrected chi connectivity index (χ1v) is 7.40. The van der Waals surface area contributed by atoms with Gasteiger partial charge in [-0.15, -0.1) is 0 Å². The summed E-state index contributed by atoms with van der Waals surface area (Å²) in [7, 11) is 0. The Balaban J connectivity index is 1.72. The summed E-state index contributed by atoms with van der Waals surface area (Å²) in [6.07, 6.45) is 6.71. The summed E-state index contributed by atoms with van der Waals surface area (Å²) < 4.78 is 0. The number of rotatable bonds is 6.